The molecule has 1 saturated heterocycles. The van der Waals surface area contributed by atoms with Gasteiger partial charge in [0, 0.05) is 47.3 Å². The molecule has 7 heteroatoms. The number of ether oxygens (including phenoxy) is 1. The van der Waals surface area contributed by atoms with Crippen LogP contribution in [0.3, 0.4) is 0 Å². The van der Waals surface area contributed by atoms with Crippen LogP contribution in [0.15, 0.2) is 52.2 Å². The number of aliphatic hydroxyl groups excluding tert-OH is 2. The molecule has 2 N–H and O–H groups in total. The Bertz CT molecular complexity index is 982. The van der Waals surface area contributed by atoms with Gasteiger partial charge < -0.3 is 19.8 Å². The number of hydrogen-bond donors (Lipinski definition) is 2. The number of benzene rings is 1. The maximum Gasteiger partial charge on any atom is 0.119 e. The summed E-state index contributed by atoms with van der Waals surface area (Å²) in [7, 11) is 1.65. The van der Waals surface area contributed by atoms with Gasteiger partial charge in [0.2, 0.25) is 0 Å². The third-order valence-corrected chi connectivity index (χ3v) is 8.34. The van der Waals surface area contributed by atoms with Gasteiger partial charge in [0.15, 0.2) is 0 Å². The number of fused-ring (bicyclic) bond motifs is 1. The van der Waals surface area contributed by atoms with Gasteiger partial charge in [0.1, 0.15) is 5.75 Å². The molecule has 172 valence electrons. The summed E-state index contributed by atoms with van der Waals surface area (Å²) in [5, 5.41) is 26.3. The first-order valence-electron chi connectivity index (χ1n) is 11.3. The second-order valence-corrected chi connectivity index (χ2v) is 10.4. The molecule has 0 radical (unpaired) electrons. The monoisotopic (exact) mass is 472 g/mol. The Morgan fingerprint density at radius 1 is 1.28 bits per heavy atom. The van der Waals surface area contributed by atoms with Crippen LogP contribution in [0.5, 0.6) is 5.75 Å². The molecular weight excluding hydrogens is 440 g/mol. The summed E-state index contributed by atoms with van der Waals surface area (Å²) in [5.41, 5.74) is 1.77. The number of nitrogens with zero attached hydrogens (tertiary/aromatic N) is 2. The number of thioether (sulfide) groups is 1. The second-order valence-electron chi connectivity index (χ2n) is 8.48. The van der Waals surface area contributed by atoms with Crippen LogP contribution in [0, 0.1) is 11.8 Å². The van der Waals surface area contributed by atoms with E-state index in [1.54, 1.807) is 24.6 Å². The first-order valence-corrected chi connectivity index (χ1v) is 13.2. The maximum absolute atomic E-state index is 11.0. The van der Waals surface area contributed by atoms with E-state index >= 15 is 0 Å². The number of methoxy groups -OCH3 is 1. The zero-order chi connectivity index (χ0) is 22.3. The van der Waals surface area contributed by atoms with E-state index in [0.717, 1.165) is 60.4 Å². The Hall–Kier alpha value is -1.64. The number of aliphatic hydroxyl groups is 2. The fraction of sp³-hybridized carbons (Fsp3) is 0.480. The first-order chi connectivity index (χ1) is 15.7. The molecule has 0 aliphatic carbocycles. The van der Waals surface area contributed by atoms with Crippen LogP contribution in [0.25, 0.3) is 10.9 Å². The van der Waals surface area contributed by atoms with Crippen molar-refractivity contribution >= 4 is 34.0 Å². The van der Waals surface area contributed by atoms with Crippen LogP contribution in [0.1, 0.15) is 30.9 Å². The molecule has 2 aromatic heterocycles. The lowest BCUT2D eigenvalue weighted by Crippen LogP contribution is -2.43. The second kappa shape index (κ2) is 11.5. The lowest BCUT2D eigenvalue weighted by molar-refractivity contribution is 0.0608. The summed E-state index contributed by atoms with van der Waals surface area (Å²) in [6.07, 6.45) is 3.89. The highest BCUT2D eigenvalue weighted by Crippen LogP contribution is 2.33. The number of likely N-dealkylation sites (tertiary alicyclic amines) is 1. The lowest BCUT2D eigenvalue weighted by atomic mass is 9.81. The predicted molar refractivity (Wildman–Crippen MR) is 133 cm³/mol. The molecule has 4 rings (SSSR count). The van der Waals surface area contributed by atoms with Crippen molar-refractivity contribution in [3.05, 3.63) is 52.9 Å². The van der Waals surface area contributed by atoms with E-state index in [4.69, 9.17) is 4.74 Å². The van der Waals surface area contributed by atoms with Crippen LogP contribution in [-0.4, -0.2) is 59.2 Å². The fourth-order valence-corrected chi connectivity index (χ4v) is 6.46. The zero-order valence-corrected chi connectivity index (χ0v) is 20.2. The van der Waals surface area contributed by atoms with Crippen LogP contribution >= 0.6 is 23.1 Å². The van der Waals surface area contributed by atoms with Crippen molar-refractivity contribution in [3.63, 3.8) is 0 Å². The minimum Gasteiger partial charge on any atom is -0.497 e. The molecule has 0 unspecified atom stereocenters. The molecule has 0 spiro atoms. The maximum atomic E-state index is 11.0. The molecule has 32 heavy (non-hydrogen) atoms. The third kappa shape index (κ3) is 5.83. The van der Waals surface area contributed by atoms with E-state index in [1.807, 2.05) is 36.0 Å². The average Bonchev–Trinajstić information content (AvgIpc) is 3.35. The Morgan fingerprint density at radius 3 is 2.97 bits per heavy atom. The first kappa shape index (κ1) is 23.5. The van der Waals surface area contributed by atoms with Gasteiger partial charge in [0.05, 0.1) is 18.7 Å². The summed E-state index contributed by atoms with van der Waals surface area (Å²) < 4.78 is 5.36. The molecule has 5 nitrogen and oxygen atoms in total. The smallest absolute Gasteiger partial charge is 0.119 e. The Labute approximate surface area is 198 Å². The largest absolute Gasteiger partial charge is 0.497 e. The Kier molecular flexibility index (Phi) is 8.43. The summed E-state index contributed by atoms with van der Waals surface area (Å²) in [5.74, 6) is 2.56. The van der Waals surface area contributed by atoms with Gasteiger partial charge in [-0.3, -0.25) is 4.98 Å². The molecule has 0 saturated carbocycles. The number of piperidine rings is 1. The van der Waals surface area contributed by atoms with E-state index in [9.17, 15) is 10.2 Å². The molecule has 1 aromatic carbocycles. The summed E-state index contributed by atoms with van der Waals surface area (Å²) in [4.78, 5) is 8.25. The summed E-state index contributed by atoms with van der Waals surface area (Å²) in [6.45, 7) is 3.27. The van der Waals surface area contributed by atoms with Crippen LogP contribution in [0.2, 0.25) is 0 Å². The highest BCUT2D eigenvalue weighted by atomic mass is 32.2. The summed E-state index contributed by atoms with van der Waals surface area (Å²) in [6, 6.07) is 9.85. The number of hydrogen-bond acceptors (Lipinski definition) is 7. The molecule has 3 atom stereocenters. The third-order valence-electron chi connectivity index (χ3n) is 6.53. The Morgan fingerprint density at radius 2 is 2.19 bits per heavy atom. The Balaban J connectivity index is 1.31. The number of aromatic nitrogens is 1. The van der Waals surface area contributed by atoms with E-state index in [0.29, 0.717) is 12.3 Å². The fourth-order valence-electron chi connectivity index (χ4n) is 4.66. The quantitative estimate of drug-likeness (QED) is 0.412. The van der Waals surface area contributed by atoms with Crippen molar-refractivity contribution in [1.29, 1.82) is 0 Å². The lowest BCUT2D eigenvalue weighted by Gasteiger charge is -2.38. The van der Waals surface area contributed by atoms with Crippen LogP contribution < -0.4 is 4.74 Å². The standard InChI is InChI=1S/C25H32N2O3S2/c1-30-20-3-4-24-23(14-20)22(6-9-26-24)25(29)5-2-18-7-10-27(15-19(18)16-28)11-13-32-21-8-12-31-17-21/h3-4,6,8-9,12,14,17-19,25,28-29H,2,5,7,10-11,13,15-16H2,1H3/t18-,19-,25+/m1/s1. The minimum absolute atomic E-state index is 0.213. The number of thiophene rings is 1. The predicted octanol–water partition coefficient (Wildman–Crippen LogP) is 4.84. The van der Waals surface area contributed by atoms with E-state index in [2.05, 4.69) is 26.7 Å². The van der Waals surface area contributed by atoms with Crippen molar-refractivity contribution in [2.45, 2.75) is 30.3 Å². The molecule has 1 aliphatic rings. The van der Waals surface area contributed by atoms with Gasteiger partial charge in [-0.2, -0.15) is 11.3 Å². The molecular formula is C25H32N2O3S2. The van der Waals surface area contributed by atoms with E-state index < -0.39 is 6.10 Å². The van der Waals surface area contributed by atoms with Crippen molar-refractivity contribution < 1.29 is 14.9 Å². The average molecular weight is 473 g/mol. The number of rotatable bonds is 10. The number of pyridine rings is 1. The van der Waals surface area contributed by atoms with Crippen molar-refractivity contribution in [2.75, 3.05) is 39.1 Å². The van der Waals surface area contributed by atoms with Crippen molar-refractivity contribution in [2.24, 2.45) is 11.8 Å². The van der Waals surface area contributed by atoms with Crippen molar-refractivity contribution in [1.82, 2.24) is 9.88 Å². The summed E-state index contributed by atoms with van der Waals surface area (Å²) >= 11 is 3.65. The van der Waals surface area contributed by atoms with Crippen LogP contribution in [-0.2, 0) is 0 Å². The molecule has 0 bridgehead atoms. The van der Waals surface area contributed by atoms with Gasteiger partial charge in [-0.15, -0.1) is 11.8 Å². The molecule has 1 aliphatic heterocycles. The zero-order valence-electron chi connectivity index (χ0n) is 18.5. The SMILES string of the molecule is COc1ccc2nccc([C@@H](O)CC[C@@H]3CCN(CCSc4ccsc4)C[C@@H]3CO)c2c1. The molecule has 3 heterocycles. The van der Waals surface area contributed by atoms with Gasteiger partial charge in [-0.25, -0.2) is 0 Å². The highest BCUT2D eigenvalue weighted by molar-refractivity contribution is 7.99. The van der Waals surface area contributed by atoms with Gasteiger partial charge >= 0.3 is 0 Å². The molecule has 0 amide bonds. The topological polar surface area (TPSA) is 65.8 Å². The normalized spacial score (nSPS) is 20.5. The van der Waals surface area contributed by atoms with E-state index in [1.165, 1.54) is 4.90 Å². The van der Waals surface area contributed by atoms with Crippen molar-refractivity contribution in [3.8, 4) is 5.75 Å². The molecule has 1 fully saturated rings. The molecule has 3 aromatic rings. The minimum atomic E-state index is -0.549. The van der Waals surface area contributed by atoms with Crippen LogP contribution in [0.4, 0.5) is 0 Å². The van der Waals surface area contributed by atoms with E-state index in [-0.39, 0.29) is 12.5 Å². The van der Waals surface area contributed by atoms with Gasteiger partial charge in [-0.05, 0) is 78.9 Å². The van der Waals surface area contributed by atoms with Gasteiger partial charge in [-0.1, -0.05) is 0 Å². The highest BCUT2D eigenvalue weighted by Gasteiger charge is 2.29. The van der Waals surface area contributed by atoms with Gasteiger partial charge in [0.25, 0.3) is 0 Å².